The Morgan fingerprint density at radius 1 is 0.467 bits per heavy atom. The molecule has 4 aliphatic rings. The molecule has 0 aromatic heterocycles. The Hall–Kier alpha value is -7.05. The number of hydrogen-bond acceptors (Lipinski definition) is 9. The van der Waals surface area contributed by atoms with Crippen molar-refractivity contribution in [2.24, 2.45) is 35.5 Å². The molecule has 4 aromatic rings. The third-order valence-corrected chi connectivity index (χ3v) is 15.1. The zero-order valence-corrected chi connectivity index (χ0v) is 44.7. The summed E-state index contributed by atoms with van der Waals surface area (Å²) in [6.07, 6.45) is 30.1. The van der Waals surface area contributed by atoms with E-state index in [1.54, 1.807) is 24.3 Å². The van der Waals surface area contributed by atoms with Crippen molar-refractivity contribution in [1.29, 1.82) is 5.26 Å². The van der Waals surface area contributed by atoms with Crippen LogP contribution in [0.3, 0.4) is 0 Å². The topological polar surface area (TPSA) is 129 Å². The third-order valence-electron chi connectivity index (χ3n) is 15.1. The Morgan fingerprint density at radius 3 is 1.27 bits per heavy atom. The van der Waals surface area contributed by atoms with E-state index >= 15 is 0 Å². The van der Waals surface area contributed by atoms with Crippen LogP contribution in [0.1, 0.15) is 146 Å². The third kappa shape index (κ3) is 21.0. The summed E-state index contributed by atoms with van der Waals surface area (Å²) >= 11 is 0. The molecule has 4 fully saturated rings. The second kappa shape index (κ2) is 31.6. The molecule has 8 rings (SSSR count). The predicted octanol–water partition coefficient (Wildman–Crippen LogP) is 16.1. The van der Waals surface area contributed by atoms with Gasteiger partial charge in [-0.2, -0.15) is 5.26 Å². The van der Waals surface area contributed by atoms with Crippen LogP contribution in [0.2, 0.25) is 0 Å². The maximum Gasteiger partial charge on any atom is 0.335 e. The van der Waals surface area contributed by atoms with Crippen LogP contribution in [0.4, 0.5) is 0 Å². The number of hydrogen-bond donors (Lipinski definition) is 0. The Kier molecular flexibility index (Phi) is 24.8. The van der Waals surface area contributed by atoms with Crippen molar-refractivity contribution in [3.05, 3.63) is 170 Å². The van der Waals surface area contributed by atoms with Gasteiger partial charge >= 0.3 is 23.9 Å². The number of esters is 4. The molecule has 0 aliphatic heterocycles. The Bertz CT molecular complexity index is 2500. The summed E-state index contributed by atoms with van der Waals surface area (Å²) in [5.74, 6) is 5.95. The fourth-order valence-electron chi connectivity index (χ4n) is 10.3. The van der Waals surface area contributed by atoms with Crippen LogP contribution >= 0.6 is 0 Å². The van der Waals surface area contributed by atoms with E-state index in [1.165, 1.54) is 108 Å². The van der Waals surface area contributed by atoms with Gasteiger partial charge in [-0.1, -0.05) is 146 Å². The highest BCUT2D eigenvalue weighted by molar-refractivity contribution is 5.84. The van der Waals surface area contributed by atoms with E-state index in [9.17, 15) is 19.2 Å². The second-order valence-electron chi connectivity index (χ2n) is 20.8. The molecule has 0 atom stereocenters. The minimum atomic E-state index is -0.480. The van der Waals surface area contributed by atoms with Gasteiger partial charge in [-0.15, -0.1) is 0 Å². The van der Waals surface area contributed by atoms with Gasteiger partial charge < -0.3 is 18.9 Å². The molecule has 0 N–H and O–H groups in total. The van der Waals surface area contributed by atoms with E-state index < -0.39 is 17.9 Å². The van der Waals surface area contributed by atoms with E-state index in [2.05, 4.69) is 77.4 Å². The first-order valence-corrected chi connectivity index (χ1v) is 27.1. The van der Waals surface area contributed by atoms with Gasteiger partial charge in [0.2, 0.25) is 0 Å². The minimum absolute atomic E-state index is 0.147. The molecule has 396 valence electrons. The number of carbonyl (C=O) groups excluding carboxylic acids is 4. The van der Waals surface area contributed by atoms with Gasteiger partial charge in [-0.05, 0) is 176 Å². The number of benzene rings is 4. The lowest BCUT2D eigenvalue weighted by Crippen LogP contribution is -2.29. The van der Waals surface area contributed by atoms with Crippen molar-refractivity contribution in [3.63, 3.8) is 0 Å². The van der Waals surface area contributed by atoms with E-state index in [0.717, 1.165) is 71.3 Å². The summed E-state index contributed by atoms with van der Waals surface area (Å²) in [6, 6.07) is 31.9. The van der Waals surface area contributed by atoms with E-state index in [4.69, 9.17) is 24.2 Å². The smallest absolute Gasteiger partial charge is 0.335 e. The van der Waals surface area contributed by atoms with Crippen molar-refractivity contribution in [1.82, 2.24) is 0 Å². The molecule has 0 bridgehead atoms. The average Bonchev–Trinajstić information content (AvgIpc) is 3.44. The molecule has 9 nitrogen and oxygen atoms in total. The largest absolute Gasteiger partial charge is 0.459 e. The van der Waals surface area contributed by atoms with Crippen molar-refractivity contribution in [2.45, 2.75) is 136 Å². The molecule has 4 aliphatic carbocycles. The Labute approximate surface area is 447 Å². The first kappa shape index (κ1) is 58.8. The van der Waals surface area contributed by atoms with E-state index in [-0.39, 0.29) is 12.1 Å². The van der Waals surface area contributed by atoms with Crippen LogP contribution in [0.25, 0.3) is 17.2 Å². The van der Waals surface area contributed by atoms with Crippen LogP contribution in [0.5, 0.6) is 17.2 Å². The molecular formula is C66H79NO8. The number of rotatable bonds is 13. The highest BCUT2D eigenvalue weighted by atomic mass is 16.5. The van der Waals surface area contributed by atoms with Gasteiger partial charge in [0.1, 0.15) is 23.4 Å². The lowest BCUT2D eigenvalue weighted by molar-refractivity contribution is -0.145. The molecule has 0 saturated heterocycles. The summed E-state index contributed by atoms with van der Waals surface area (Å²) in [7, 11) is 0. The number of carbonyl (C=O) groups is 4. The number of ether oxygens (including phenoxy) is 4. The van der Waals surface area contributed by atoms with Gasteiger partial charge in [0.05, 0.1) is 11.6 Å². The number of allylic oxidation sites excluding steroid dienone is 1. The Balaban J connectivity index is 0.000000185. The van der Waals surface area contributed by atoms with Gasteiger partial charge in [0.25, 0.3) is 0 Å². The van der Waals surface area contributed by atoms with E-state index in [0.29, 0.717) is 34.6 Å². The maximum atomic E-state index is 11.2. The van der Waals surface area contributed by atoms with Crippen molar-refractivity contribution < 1.29 is 38.1 Å². The summed E-state index contributed by atoms with van der Waals surface area (Å²) < 4.78 is 20.4. The molecule has 0 amide bonds. The van der Waals surface area contributed by atoms with Gasteiger partial charge in [-0.3, -0.25) is 0 Å². The van der Waals surface area contributed by atoms with Gasteiger partial charge in [-0.25, -0.2) is 19.2 Å². The molecule has 0 heterocycles. The molecule has 4 aromatic carbocycles. The molecular weight excluding hydrogens is 935 g/mol. The lowest BCUT2D eigenvalue weighted by Gasteiger charge is -2.36. The van der Waals surface area contributed by atoms with Crippen LogP contribution in [-0.4, -0.2) is 30.0 Å². The highest BCUT2D eigenvalue weighted by Crippen LogP contribution is 2.41. The van der Waals surface area contributed by atoms with Crippen molar-refractivity contribution >= 4 is 30.0 Å². The average molecular weight is 1010 g/mol. The quantitative estimate of drug-likeness (QED) is 0.0730. The van der Waals surface area contributed by atoms with Crippen LogP contribution in [0, 0.1) is 46.8 Å². The van der Waals surface area contributed by atoms with Crippen molar-refractivity contribution in [3.8, 4) is 34.4 Å². The molecule has 4 saturated carbocycles. The highest BCUT2D eigenvalue weighted by Gasteiger charge is 2.31. The van der Waals surface area contributed by atoms with E-state index in [1.807, 2.05) is 60.7 Å². The standard InChI is InChI=1S/C18H22O2.C16H11NO2.C16H26O2.C16H20O2/c1-3-18(19)20-17-12-10-16(11-13-17)9-8-15-6-4-14(2)5-7-15;1-2-16(18)19-15-9-7-14(8-10-15)13-5-3-12(11-17)4-6-13;2*1-3-16(17)18-15-10-8-14(9-11-15)13-6-4-12(2)5-7-13/h3,8-15H,1,4-7H2,2H3;2-10H,1H2;3,12-15H,1,4-11H2,2H3;3,8-13H,1,4-7H2,2H3. The first-order valence-electron chi connectivity index (χ1n) is 27.1. The summed E-state index contributed by atoms with van der Waals surface area (Å²) in [4.78, 5) is 44.3. The molecule has 0 radical (unpaired) electrons. The normalized spacial score (nSPS) is 22.9. The number of nitriles is 1. The van der Waals surface area contributed by atoms with Crippen molar-refractivity contribution in [2.75, 3.05) is 0 Å². The zero-order valence-electron chi connectivity index (χ0n) is 44.7. The minimum Gasteiger partial charge on any atom is -0.459 e. The van der Waals surface area contributed by atoms with Gasteiger partial charge in [0, 0.05) is 24.3 Å². The lowest BCUT2D eigenvalue weighted by atomic mass is 9.71. The first-order chi connectivity index (χ1) is 36.3. The van der Waals surface area contributed by atoms with Crippen LogP contribution < -0.4 is 14.2 Å². The summed E-state index contributed by atoms with van der Waals surface area (Å²) in [6.45, 7) is 20.6. The van der Waals surface area contributed by atoms with Crippen LogP contribution in [0.15, 0.2) is 154 Å². The number of nitrogens with zero attached hydrogens (tertiary/aromatic N) is 1. The molecule has 9 heteroatoms. The van der Waals surface area contributed by atoms with Crippen LogP contribution in [-0.2, 0) is 23.9 Å². The Morgan fingerprint density at radius 2 is 0.840 bits per heavy atom. The SMILES string of the molecule is C=CC(=O)OC1CCC(C2CCC(C)CC2)CC1.C=CC(=O)Oc1ccc(-c2ccc(C#N)cc2)cc1.C=CC(=O)Oc1ccc(C2CCC(C)CC2)cc1.C=CC(=O)Oc1ccc(C=CC2CCC(C)CC2)cc1. The molecule has 75 heavy (non-hydrogen) atoms. The monoisotopic (exact) mass is 1010 g/mol. The molecule has 0 unspecified atom stereocenters. The second-order valence-corrected chi connectivity index (χ2v) is 20.8. The summed E-state index contributed by atoms with van der Waals surface area (Å²) in [5.41, 5.74) is 5.12. The summed E-state index contributed by atoms with van der Waals surface area (Å²) in [5, 5.41) is 8.74. The fourth-order valence-corrected chi connectivity index (χ4v) is 10.3. The molecule has 0 spiro atoms. The maximum absolute atomic E-state index is 11.2. The zero-order chi connectivity index (χ0) is 54.0. The fraction of sp³-hybridized carbons (Fsp3) is 0.409. The van der Waals surface area contributed by atoms with Gasteiger partial charge in [0.15, 0.2) is 0 Å². The predicted molar refractivity (Wildman–Crippen MR) is 301 cm³/mol.